The van der Waals surface area contributed by atoms with Crippen molar-refractivity contribution in [2.75, 3.05) is 0 Å². The molecule has 0 fully saturated rings. The lowest BCUT2D eigenvalue weighted by Gasteiger charge is -2.10. The van der Waals surface area contributed by atoms with Crippen molar-refractivity contribution >= 4 is 16.8 Å². The van der Waals surface area contributed by atoms with Crippen LogP contribution in [0.5, 0.6) is 11.5 Å². The summed E-state index contributed by atoms with van der Waals surface area (Å²) in [5.74, 6) is 0.988. The van der Waals surface area contributed by atoms with Crippen LogP contribution in [0.15, 0.2) is 60.8 Å². The maximum Gasteiger partial charge on any atom is 0.250 e. The van der Waals surface area contributed by atoms with Gasteiger partial charge in [-0.1, -0.05) is 12.1 Å². The number of fused-ring (bicyclic) bond motifs is 1. The minimum Gasteiger partial charge on any atom is -0.457 e. The minimum absolute atomic E-state index is 0.449. The Morgan fingerprint density at radius 1 is 1.08 bits per heavy atom. The van der Waals surface area contributed by atoms with E-state index in [0.29, 0.717) is 11.3 Å². The fraction of sp³-hybridized carbons (Fsp3) is 0.0500. The topological polar surface area (TPSA) is 83.9 Å². The third kappa shape index (κ3) is 2.76. The summed E-state index contributed by atoms with van der Waals surface area (Å²) in [6.45, 7) is 1.83. The normalized spacial score (nSPS) is 10.9. The molecule has 1 amide bonds. The minimum atomic E-state index is -0.449. The van der Waals surface area contributed by atoms with E-state index in [9.17, 15) is 4.79 Å². The number of aromatic nitrogens is 2. The van der Waals surface area contributed by atoms with E-state index in [1.807, 2.05) is 61.7 Å². The molecule has 4 rings (SSSR count). The molecule has 0 unspecified atom stereocenters. The first-order valence-electron chi connectivity index (χ1n) is 7.95. The molecule has 4 aromatic rings. The first kappa shape index (κ1) is 15.1. The van der Waals surface area contributed by atoms with Crippen molar-refractivity contribution in [1.29, 1.82) is 0 Å². The molecule has 0 saturated carbocycles. The number of aromatic amines is 2. The Labute approximate surface area is 144 Å². The Kier molecular flexibility index (Phi) is 3.54. The lowest BCUT2D eigenvalue weighted by atomic mass is 10.1. The maximum atomic E-state index is 11.5. The number of aryl methyl sites for hydroxylation is 1. The number of rotatable bonds is 4. The number of carbonyl (C=O) groups excluding carboxylic acids is 1. The standard InChI is InChI=1S/C20H17N3O2/c1-12-16(20(21)24)11-18(23-12)15-4-2-3-5-19(15)25-14-7-6-13-8-9-22-17(13)10-14/h2-11,22-23H,1H3,(H2,21,24). The number of benzene rings is 2. The number of hydrogen-bond acceptors (Lipinski definition) is 2. The molecule has 0 aliphatic heterocycles. The van der Waals surface area contributed by atoms with E-state index >= 15 is 0 Å². The van der Waals surface area contributed by atoms with Crippen molar-refractivity contribution < 1.29 is 9.53 Å². The number of ether oxygens (including phenoxy) is 1. The average Bonchev–Trinajstić information content (AvgIpc) is 3.21. The summed E-state index contributed by atoms with van der Waals surface area (Å²) in [6.07, 6.45) is 1.90. The average molecular weight is 331 g/mol. The van der Waals surface area contributed by atoms with Crippen molar-refractivity contribution in [3.63, 3.8) is 0 Å². The second-order valence-electron chi connectivity index (χ2n) is 5.91. The lowest BCUT2D eigenvalue weighted by molar-refractivity contribution is 0.1000. The number of nitrogens with two attached hydrogens (primary N) is 1. The van der Waals surface area contributed by atoms with E-state index in [2.05, 4.69) is 9.97 Å². The van der Waals surface area contributed by atoms with Crippen molar-refractivity contribution in [2.24, 2.45) is 5.73 Å². The fourth-order valence-electron chi connectivity index (χ4n) is 2.95. The highest BCUT2D eigenvalue weighted by Crippen LogP contribution is 2.34. The van der Waals surface area contributed by atoms with Crippen LogP contribution in [-0.2, 0) is 0 Å². The van der Waals surface area contributed by atoms with E-state index < -0.39 is 5.91 Å². The number of para-hydroxylation sites is 1. The Hall–Kier alpha value is -3.47. The third-order valence-electron chi connectivity index (χ3n) is 4.21. The van der Waals surface area contributed by atoms with Gasteiger partial charge in [-0.15, -0.1) is 0 Å². The molecule has 2 aromatic heterocycles. The van der Waals surface area contributed by atoms with Gasteiger partial charge >= 0.3 is 0 Å². The fourth-order valence-corrected chi connectivity index (χ4v) is 2.95. The van der Waals surface area contributed by atoms with Gasteiger partial charge in [-0.25, -0.2) is 0 Å². The summed E-state index contributed by atoms with van der Waals surface area (Å²) < 4.78 is 6.09. The van der Waals surface area contributed by atoms with Crippen LogP contribution in [0.4, 0.5) is 0 Å². The summed E-state index contributed by atoms with van der Waals surface area (Å²) in [5, 5.41) is 1.13. The van der Waals surface area contributed by atoms with Crippen LogP contribution in [0.1, 0.15) is 16.1 Å². The monoisotopic (exact) mass is 331 g/mol. The molecule has 25 heavy (non-hydrogen) atoms. The number of H-pyrrole nitrogens is 2. The maximum absolute atomic E-state index is 11.5. The van der Waals surface area contributed by atoms with Gasteiger partial charge in [-0.05, 0) is 48.7 Å². The molecule has 0 spiro atoms. The summed E-state index contributed by atoms with van der Waals surface area (Å²) in [5.41, 5.74) is 9.32. The summed E-state index contributed by atoms with van der Waals surface area (Å²) in [6, 6.07) is 17.4. The van der Waals surface area contributed by atoms with E-state index in [1.165, 1.54) is 0 Å². The third-order valence-corrected chi connectivity index (χ3v) is 4.21. The zero-order valence-corrected chi connectivity index (χ0v) is 13.7. The van der Waals surface area contributed by atoms with Crippen LogP contribution >= 0.6 is 0 Å². The van der Waals surface area contributed by atoms with Crippen molar-refractivity contribution in [3.05, 3.63) is 72.1 Å². The van der Waals surface area contributed by atoms with Gasteiger partial charge in [-0.3, -0.25) is 4.79 Å². The van der Waals surface area contributed by atoms with Crippen LogP contribution < -0.4 is 10.5 Å². The molecule has 5 heteroatoms. The van der Waals surface area contributed by atoms with Gasteiger partial charge in [0, 0.05) is 29.0 Å². The lowest BCUT2D eigenvalue weighted by Crippen LogP contribution is -2.10. The van der Waals surface area contributed by atoms with Gasteiger partial charge in [0.25, 0.3) is 5.91 Å². The van der Waals surface area contributed by atoms with E-state index in [1.54, 1.807) is 6.07 Å². The Bertz CT molecular complexity index is 1080. The molecular formula is C20H17N3O2. The van der Waals surface area contributed by atoms with E-state index in [0.717, 1.165) is 33.6 Å². The largest absolute Gasteiger partial charge is 0.457 e. The Morgan fingerprint density at radius 2 is 1.92 bits per heavy atom. The summed E-state index contributed by atoms with van der Waals surface area (Å²) >= 11 is 0. The second-order valence-corrected chi connectivity index (χ2v) is 5.91. The second kappa shape index (κ2) is 5.87. The first-order valence-corrected chi connectivity index (χ1v) is 7.95. The molecule has 0 radical (unpaired) electrons. The molecule has 2 aromatic carbocycles. The first-order chi connectivity index (χ1) is 12.1. The summed E-state index contributed by atoms with van der Waals surface area (Å²) in [7, 11) is 0. The van der Waals surface area contributed by atoms with Crippen LogP contribution in [0.25, 0.3) is 22.2 Å². The predicted molar refractivity (Wildman–Crippen MR) is 97.9 cm³/mol. The van der Waals surface area contributed by atoms with Crippen LogP contribution in [0, 0.1) is 6.92 Å². The highest BCUT2D eigenvalue weighted by atomic mass is 16.5. The van der Waals surface area contributed by atoms with E-state index in [4.69, 9.17) is 10.5 Å². The molecule has 5 nitrogen and oxygen atoms in total. The molecule has 124 valence electrons. The quantitative estimate of drug-likeness (QED) is 0.519. The van der Waals surface area contributed by atoms with Crippen molar-refractivity contribution in [1.82, 2.24) is 9.97 Å². The zero-order chi connectivity index (χ0) is 17.4. The molecule has 0 aliphatic carbocycles. The predicted octanol–water partition coefficient (Wildman–Crippen LogP) is 4.36. The number of carbonyl (C=O) groups is 1. The van der Waals surface area contributed by atoms with Crippen molar-refractivity contribution in [3.8, 4) is 22.8 Å². The highest BCUT2D eigenvalue weighted by Gasteiger charge is 2.14. The van der Waals surface area contributed by atoms with Gasteiger partial charge in [0.15, 0.2) is 0 Å². The van der Waals surface area contributed by atoms with Gasteiger partial charge in [0.1, 0.15) is 11.5 Å². The molecule has 0 atom stereocenters. The van der Waals surface area contributed by atoms with Gasteiger partial charge in [-0.2, -0.15) is 0 Å². The number of primary amides is 1. The number of nitrogens with one attached hydrogen (secondary N) is 2. The number of hydrogen-bond donors (Lipinski definition) is 3. The Morgan fingerprint density at radius 3 is 2.72 bits per heavy atom. The molecule has 0 saturated heterocycles. The molecular weight excluding hydrogens is 314 g/mol. The smallest absolute Gasteiger partial charge is 0.250 e. The molecule has 0 bridgehead atoms. The van der Waals surface area contributed by atoms with Crippen molar-refractivity contribution in [2.45, 2.75) is 6.92 Å². The number of amides is 1. The zero-order valence-electron chi connectivity index (χ0n) is 13.7. The molecule has 0 aliphatic rings. The molecule has 2 heterocycles. The summed E-state index contributed by atoms with van der Waals surface area (Å²) in [4.78, 5) is 17.9. The van der Waals surface area contributed by atoms with E-state index in [-0.39, 0.29) is 0 Å². The van der Waals surface area contributed by atoms with Crippen LogP contribution in [-0.4, -0.2) is 15.9 Å². The highest BCUT2D eigenvalue weighted by molar-refractivity contribution is 5.95. The van der Waals surface area contributed by atoms with Gasteiger partial charge < -0.3 is 20.4 Å². The SMILES string of the molecule is Cc1[nH]c(-c2ccccc2Oc2ccc3cc[nH]c3c2)cc1C(N)=O. The Balaban J connectivity index is 1.73. The van der Waals surface area contributed by atoms with Crippen LogP contribution in [0.2, 0.25) is 0 Å². The molecule has 4 N–H and O–H groups in total. The van der Waals surface area contributed by atoms with Crippen LogP contribution in [0.3, 0.4) is 0 Å². The van der Waals surface area contributed by atoms with Gasteiger partial charge in [0.05, 0.1) is 11.3 Å². The van der Waals surface area contributed by atoms with Gasteiger partial charge in [0.2, 0.25) is 0 Å².